The van der Waals surface area contributed by atoms with E-state index in [0.29, 0.717) is 11.8 Å². The highest BCUT2D eigenvalue weighted by molar-refractivity contribution is 7.17. The van der Waals surface area contributed by atoms with Crippen LogP contribution in [0.1, 0.15) is 38.2 Å². The first-order valence-corrected chi connectivity index (χ1v) is 11.7. The molecule has 1 N–H and O–H groups in total. The summed E-state index contributed by atoms with van der Waals surface area (Å²) in [7, 11) is 0. The Labute approximate surface area is 180 Å². The highest BCUT2D eigenvalue weighted by Crippen LogP contribution is 2.49. The number of hydrogen-bond donors (Lipinski definition) is 1. The largest absolute Gasteiger partial charge is 0.467 e. The fourth-order valence-electron chi connectivity index (χ4n) is 5.35. The van der Waals surface area contributed by atoms with Crippen LogP contribution in [-0.2, 0) is 4.79 Å². The Morgan fingerprint density at radius 3 is 2.80 bits per heavy atom. The van der Waals surface area contributed by atoms with E-state index in [1.807, 2.05) is 0 Å². The van der Waals surface area contributed by atoms with Gasteiger partial charge >= 0.3 is 0 Å². The van der Waals surface area contributed by atoms with E-state index in [-0.39, 0.29) is 18.6 Å². The Balaban J connectivity index is 1.29. The average molecular weight is 422 g/mol. The van der Waals surface area contributed by atoms with Crippen molar-refractivity contribution in [2.24, 2.45) is 17.8 Å². The van der Waals surface area contributed by atoms with Crippen molar-refractivity contribution >= 4 is 27.5 Å². The van der Waals surface area contributed by atoms with Gasteiger partial charge in [0.2, 0.25) is 5.88 Å². The molecule has 2 aliphatic carbocycles. The van der Waals surface area contributed by atoms with Crippen LogP contribution in [0, 0.1) is 24.7 Å². The third-order valence-electron chi connectivity index (χ3n) is 6.86. The third-order valence-corrected chi connectivity index (χ3v) is 7.75. The number of ether oxygens (including phenoxy) is 1. The van der Waals surface area contributed by atoms with Gasteiger partial charge in [-0.25, -0.2) is 9.97 Å². The van der Waals surface area contributed by atoms with Gasteiger partial charge in [0.05, 0.1) is 5.39 Å². The summed E-state index contributed by atoms with van der Waals surface area (Å²) in [5.74, 6) is 2.67. The van der Waals surface area contributed by atoms with E-state index in [4.69, 9.17) is 4.74 Å². The van der Waals surface area contributed by atoms with E-state index in [9.17, 15) is 4.79 Å². The number of amides is 1. The number of hydrogen-bond acceptors (Lipinski definition) is 5. The molecular weight excluding hydrogens is 394 g/mol. The summed E-state index contributed by atoms with van der Waals surface area (Å²) in [6.07, 6.45) is 6.81. The predicted molar refractivity (Wildman–Crippen MR) is 120 cm³/mol. The number of nitrogens with one attached hydrogen (secondary N) is 1. The number of aromatic nitrogens is 2. The first-order chi connectivity index (χ1) is 14.6. The summed E-state index contributed by atoms with van der Waals surface area (Å²) >= 11 is 1.56. The zero-order valence-electron chi connectivity index (χ0n) is 17.4. The van der Waals surface area contributed by atoms with Gasteiger partial charge in [0, 0.05) is 17.0 Å². The minimum Gasteiger partial charge on any atom is -0.467 e. The second-order valence-electron chi connectivity index (χ2n) is 8.86. The molecule has 4 atom stereocenters. The minimum absolute atomic E-state index is 0.0273. The Morgan fingerprint density at radius 2 is 2.07 bits per heavy atom. The zero-order chi connectivity index (χ0) is 20.7. The van der Waals surface area contributed by atoms with Crippen molar-refractivity contribution in [3.05, 3.63) is 41.5 Å². The Kier molecular flexibility index (Phi) is 5.19. The first kappa shape index (κ1) is 19.5. The Hall–Kier alpha value is -2.47. The molecule has 0 spiro atoms. The molecular formula is C24H27N3O2S. The first-order valence-electron chi connectivity index (χ1n) is 10.8. The SMILES string of the molecule is Cc1ccc(-c2csc3ncnc(OCC(=O)N[C@@H](C)[C@H]4C[C@H]5CC[C@H]4C5)c23)cc1. The molecule has 2 fully saturated rings. The van der Waals surface area contributed by atoms with Crippen molar-refractivity contribution in [3.8, 4) is 17.0 Å². The average Bonchev–Trinajstić information content (AvgIpc) is 3.48. The number of fused-ring (bicyclic) bond motifs is 3. The lowest BCUT2D eigenvalue weighted by molar-refractivity contribution is -0.124. The fourth-order valence-corrected chi connectivity index (χ4v) is 6.25. The van der Waals surface area contributed by atoms with Crippen molar-refractivity contribution in [2.75, 3.05) is 6.61 Å². The van der Waals surface area contributed by atoms with Gasteiger partial charge in [0.25, 0.3) is 5.91 Å². The van der Waals surface area contributed by atoms with E-state index in [2.05, 4.69) is 58.8 Å². The van der Waals surface area contributed by atoms with Crippen molar-refractivity contribution < 1.29 is 9.53 Å². The van der Waals surface area contributed by atoms with E-state index >= 15 is 0 Å². The number of thiophene rings is 1. The van der Waals surface area contributed by atoms with Gasteiger partial charge in [-0.2, -0.15) is 0 Å². The van der Waals surface area contributed by atoms with Crippen LogP contribution < -0.4 is 10.1 Å². The zero-order valence-corrected chi connectivity index (χ0v) is 18.2. The maximum atomic E-state index is 12.6. The molecule has 5 nitrogen and oxygen atoms in total. The maximum Gasteiger partial charge on any atom is 0.258 e. The Bertz CT molecular complexity index is 1060. The molecule has 2 aliphatic rings. The smallest absolute Gasteiger partial charge is 0.258 e. The molecule has 2 aromatic heterocycles. The van der Waals surface area contributed by atoms with E-state index in [1.165, 1.54) is 37.6 Å². The standard InChI is InChI=1S/C24H27N3O2S/c1-14-3-6-17(7-4-14)20-12-30-24-22(20)23(25-13-26-24)29-11-21(28)27-15(2)19-10-16-5-8-18(19)9-16/h3-4,6-7,12-13,15-16,18-19H,5,8-11H2,1-2H3,(H,27,28)/t15-,16-,18-,19+/m0/s1. The molecule has 30 heavy (non-hydrogen) atoms. The molecule has 2 saturated carbocycles. The van der Waals surface area contributed by atoms with Gasteiger partial charge in [-0.15, -0.1) is 11.3 Å². The highest BCUT2D eigenvalue weighted by Gasteiger charge is 2.42. The summed E-state index contributed by atoms with van der Waals surface area (Å²) in [6, 6.07) is 8.57. The van der Waals surface area contributed by atoms with Crippen LogP contribution in [0.4, 0.5) is 0 Å². The predicted octanol–water partition coefficient (Wildman–Crippen LogP) is 4.99. The second kappa shape index (κ2) is 7.99. The lowest BCUT2D eigenvalue weighted by Crippen LogP contribution is -2.42. The number of nitrogens with zero attached hydrogens (tertiary/aromatic N) is 2. The summed E-state index contributed by atoms with van der Waals surface area (Å²) in [4.78, 5) is 22.2. The fraction of sp³-hybridized carbons (Fsp3) is 0.458. The Morgan fingerprint density at radius 1 is 1.23 bits per heavy atom. The molecule has 0 unspecified atom stereocenters. The van der Waals surface area contributed by atoms with Gasteiger partial charge in [-0.1, -0.05) is 36.2 Å². The maximum absolute atomic E-state index is 12.6. The van der Waals surface area contributed by atoms with Crippen LogP contribution in [0.3, 0.4) is 0 Å². The third kappa shape index (κ3) is 3.69. The van der Waals surface area contributed by atoms with Crippen LogP contribution in [0.2, 0.25) is 0 Å². The second-order valence-corrected chi connectivity index (χ2v) is 9.72. The normalized spacial score (nSPS) is 23.6. The molecule has 2 heterocycles. The monoisotopic (exact) mass is 421 g/mol. The van der Waals surface area contributed by atoms with E-state index < -0.39 is 0 Å². The van der Waals surface area contributed by atoms with Crippen LogP contribution in [0.25, 0.3) is 21.3 Å². The van der Waals surface area contributed by atoms with Crippen molar-refractivity contribution in [3.63, 3.8) is 0 Å². The number of aryl methyl sites for hydroxylation is 1. The van der Waals surface area contributed by atoms with Crippen molar-refractivity contribution in [1.82, 2.24) is 15.3 Å². The number of benzene rings is 1. The quantitative estimate of drug-likeness (QED) is 0.609. The molecule has 3 aromatic rings. The summed E-state index contributed by atoms with van der Waals surface area (Å²) < 4.78 is 5.89. The lowest BCUT2D eigenvalue weighted by atomic mass is 9.84. The van der Waals surface area contributed by atoms with Gasteiger partial charge in [-0.3, -0.25) is 4.79 Å². The van der Waals surface area contributed by atoms with Crippen LogP contribution in [-0.4, -0.2) is 28.5 Å². The van der Waals surface area contributed by atoms with Crippen molar-refractivity contribution in [2.45, 2.75) is 45.6 Å². The molecule has 156 valence electrons. The number of carbonyl (C=O) groups excluding carboxylic acids is 1. The molecule has 0 saturated heterocycles. The molecule has 0 radical (unpaired) electrons. The van der Waals surface area contributed by atoms with E-state index in [0.717, 1.165) is 33.2 Å². The van der Waals surface area contributed by atoms with Gasteiger partial charge in [0.15, 0.2) is 6.61 Å². The highest BCUT2D eigenvalue weighted by atomic mass is 32.1. The topological polar surface area (TPSA) is 64.1 Å². The van der Waals surface area contributed by atoms with Gasteiger partial charge < -0.3 is 10.1 Å². The van der Waals surface area contributed by atoms with Gasteiger partial charge in [0.1, 0.15) is 11.2 Å². The molecule has 6 heteroatoms. The summed E-state index contributed by atoms with van der Waals surface area (Å²) in [5, 5.41) is 6.12. The van der Waals surface area contributed by atoms with Crippen molar-refractivity contribution in [1.29, 1.82) is 0 Å². The summed E-state index contributed by atoms with van der Waals surface area (Å²) in [6.45, 7) is 4.18. The molecule has 1 aromatic carbocycles. The minimum atomic E-state index is -0.0795. The molecule has 0 aliphatic heterocycles. The summed E-state index contributed by atoms with van der Waals surface area (Å²) in [5.41, 5.74) is 3.36. The molecule has 5 rings (SSSR count). The lowest BCUT2D eigenvalue weighted by Gasteiger charge is -2.28. The number of carbonyl (C=O) groups is 1. The van der Waals surface area contributed by atoms with Crippen LogP contribution in [0.5, 0.6) is 5.88 Å². The molecule has 1 amide bonds. The van der Waals surface area contributed by atoms with E-state index in [1.54, 1.807) is 11.3 Å². The van der Waals surface area contributed by atoms with Crippen LogP contribution >= 0.6 is 11.3 Å². The van der Waals surface area contributed by atoms with Crippen LogP contribution in [0.15, 0.2) is 36.0 Å². The number of rotatable bonds is 6. The van der Waals surface area contributed by atoms with Gasteiger partial charge in [-0.05, 0) is 56.4 Å². The molecule has 2 bridgehead atoms.